The lowest BCUT2D eigenvalue weighted by molar-refractivity contribution is 0.621. The number of aliphatic imine (C=N–C) groups is 1. The van der Waals surface area contributed by atoms with Gasteiger partial charge in [-0.1, -0.05) is 31.2 Å². The zero-order valence-corrected chi connectivity index (χ0v) is 18.2. The van der Waals surface area contributed by atoms with Crippen molar-refractivity contribution < 1.29 is 4.39 Å². The van der Waals surface area contributed by atoms with Crippen molar-refractivity contribution in [2.45, 2.75) is 52.3 Å². The lowest BCUT2D eigenvalue weighted by Gasteiger charge is -2.15. The predicted octanol–water partition coefficient (Wildman–Crippen LogP) is 7.43. The monoisotopic (exact) mass is 437 g/mol. The van der Waals surface area contributed by atoms with Crippen LogP contribution in [-0.4, -0.2) is 11.1 Å². The summed E-state index contributed by atoms with van der Waals surface area (Å²) in [5, 5.41) is 0.132. The second-order valence-electron chi connectivity index (χ2n) is 7.00. The summed E-state index contributed by atoms with van der Waals surface area (Å²) in [6, 6.07) is 11.8. The molecule has 2 rings (SSSR count). The first-order valence-electron chi connectivity index (χ1n) is 8.99. The predicted molar refractivity (Wildman–Crippen MR) is 115 cm³/mol. The number of hydrogen-bond acceptors (Lipinski definition) is 1. The average molecular weight is 439 g/mol. The van der Waals surface area contributed by atoms with Crippen molar-refractivity contribution in [2.75, 3.05) is 0 Å². The molecule has 0 amide bonds. The summed E-state index contributed by atoms with van der Waals surface area (Å²) in [6.07, 6.45) is 2.87. The van der Waals surface area contributed by atoms with Gasteiger partial charge in [0.15, 0.2) is 0 Å². The molecule has 0 aliphatic heterocycles. The third-order valence-corrected chi connectivity index (χ3v) is 5.48. The molecule has 0 heterocycles. The van der Waals surface area contributed by atoms with Gasteiger partial charge in [0, 0.05) is 17.2 Å². The molecule has 2 aromatic rings. The van der Waals surface area contributed by atoms with Crippen LogP contribution in [0.1, 0.15) is 43.9 Å². The minimum absolute atomic E-state index is 0.132. The lowest BCUT2D eigenvalue weighted by atomic mass is 9.93. The largest absolute Gasteiger partial charge is 0.257 e. The molecule has 0 aromatic heterocycles. The van der Waals surface area contributed by atoms with Crippen molar-refractivity contribution in [3.8, 4) is 0 Å². The molecule has 0 radical (unpaired) electrons. The molecule has 4 heteroatoms. The Morgan fingerprint density at radius 1 is 1.19 bits per heavy atom. The fourth-order valence-electron chi connectivity index (χ4n) is 2.94. The van der Waals surface area contributed by atoms with Gasteiger partial charge in [-0.15, -0.1) is 11.6 Å². The van der Waals surface area contributed by atoms with Gasteiger partial charge in [-0.05, 0) is 84.6 Å². The van der Waals surface area contributed by atoms with Crippen LogP contribution in [0.25, 0.3) is 0 Å². The normalized spacial score (nSPS) is 14.3. The van der Waals surface area contributed by atoms with E-state index in [1.54, 1.807) is 6.07 Å². The third-order valence-electron chi connectivity index (χ3n) is 4.72. The van der Waals surface area contributed by atoms with E-state index in [9.17, 15) is 4.39 Å². The van der Waals surface area contributed by atoms with E-state index in [1.807, 2.05) is 20.8 Å². The van der Waals surface area contributed by atoms with Crippen molar-refractivity contribution in [3.63, 3.8) is 0 Å². The molecule has 1 nitrogen and oxygen atoms in total. The first-order valence-corrected chi connectivity index (χ1v) is 10.2. The number of hydrogen-bond donors (Lipinski definition) is 0. The van der Waals surface area contributed by atoms with Crippen LogP contribution in [0, 0.1) is 18.7 Å². The van der Waals surface area contributed by atoms with E-state index in [4.69, 9.17) is 11.6 Å². The summed E-state index contributed by atoms with van der Waals surface area (Å²) in [7, 11) is 0. The van der Waals surface area contributed by atoms with Crippen molar-refractivity contribution in [1.82, 2.24) is 0 Å². The van der Waals surface area contributed by atoms with Gasteiger partial charge in [0.05, 0.1) is 10.2 Å². The molecular formula is C22H26BrClFN. The van der Waals surface area contributed by atoms with Gasteiger partial charge in [0.25, 0.3) is 0 Å². The third kappa shape index (κ3) is 5.92. The SMILES string of the molecule is C/C(=N\c1cc(F)c(Br)cc1C)C(C)CCc1ccccc1CC(C)Cl. The van der Waals surface area contributed by atoms with Crippen molar-refractivity contribution in [1.29, 1.82) is 0 Å². The molecule has 0 N–H and O–H groups in total. The van der Waals surface area contributed by atoms with E-state index in [0.29, 0.717) is 16.1 Å². The van der Waals surface area contributed by atoms with E-state index in [-0.39, 0.29) is 11.2 Å². The number of rotatable bonds is 7. The molecule has 140 valence electrons. The topological polar surface area (TPSA) is 12.4 Å². The fraction of sp³-hybridized carbons (Fsp3) is 0.409. The Hall–Kier alpha value is -1.19. The number of aryl methyl sites for hydroxylation is 2. The molecule has 0 saturated carbocycles. The Balaban J connectivity index is 2.08. The molecule has 0 saturated heterocycles. The Kier molecular flexibility index (Phi) is 7.85. The Bertz CT molecular complexity index is 786. The second-order valence-corrected chi connectivity index (χ2v) is 8.60. The summed E-state index contributed by atoms with van der Waals surface area (Å²) in [5.41, 5.74) is 5.36. The van der Waals surface area contributed by atoms with Crippen molar-refractivity contribution in [3.05, 3.63) is 63.4 Å². The van der Waals surface area contributed by atoms with Gasteiger partial charge in [0.1, 0.15) is 5.82 Å². The summed E-state index contributed by atoms with van der Waals surface area (Å²) in [6.45, 7) is 8.18. The molecule has 0 fully saturated rings. The van der Waals surface area contributed by atoms with Crippen LogP contribution in [0.2, 0.25) is 0 Å². The Morgan fingerprint density at radius 2 is 1.85 bits per heavy atom. The van der Waals surface area contributed by atoms with Crippen molar-refractivity contribution >= 4 is 38.9 Å². The summed E-state index contributed by atoms with van der Waals surface area (Å²) in [5.74, 6) is 0.0431. The highest BCUT2D eigenvalue weighted by Crippen LogP contribution is 2.27. The number of halogens is 3. The molecule has 2 aromatic carbocycles. The van der Waals surface area contributed by atoms with E-state index in [0.717, 1.165) is 30.5 Å². The number of nitrogens with zero attached hydrogens (tertiary/aromatic N) is 1. The second kappa shape index (κ2) is 9.66. The van der Waals surface area contributed by atoms with Crippen LogP contribution in [-0.2, 0) is 12.8 Å². The molecular weight excluding hydrogens is 413 g/mol. The van der Waals surface area contributed by atoms with Crippen LogP contribution in [0.4, 0.5) is 10.1 Å². The average Bonchev–Trinajstić information content (AvgIpc) is 2.58. The quantitative estimate of drug-likeness (QED) is 0.315. The van der Waals surface area contributed by atoms with Crippen LogP contribution >= 0.6 is 27.5 Å². The number of benzene rings is 2. The summed E-state index contributed by atoms with van der Waals surface area (Å²) >= 11 is 9.39. The molecule has 2 unspecified atom stereocenters. The van der Waals surface area contributed by atoms with Gasteiger partial charge in [-0.25, -0.2) is 4.39 Å². The van der Waals surface area contributed by atoms with E-state index >= 15 is 0 Å². The minimum atomic E-state index is -0.279. The first kappa shape index (κ1) is 21.1. The maximum atomic E-state index is 13.8. The fourth-order valence-corrected chi connectivity index (χ4v) is 3.56. The lowest BCUT2D eigenvalue weighted by Crippen LogP contribution is -2.09. The molecule has 0 bridgehead atoms. The number of alkyl halides is 1. The highest BCUT2D eigenvalue weighted by atomic mass is 79.9. The van der Waals surface area contributed by atoms with Crippen LogP contribution in [0.15, 0.2) is 45.9 Å². The molecule has 0 aliphatic carbocycles. The van der Waals surface area contributed by atoms with Gasteiger partial charge in [-0.2, -0.15) is 0 Å². The zero-order valence-electron chi connectivity index (χ0n) is 15.8. The van der Waals surface area contributed by atoms with Crippen LogP contribution in [0.3, 0.4) is 0 Å². The molecule has 26 heavy (non-hydrogen) atoms. The summed E-state index contributed by atoms with van der Waals surface area (Å²) in [4.78, 5) is 4.68. The molecule has 2 atom stereocenters. The summed E-state index contributed by atoms with van der Waals surface area (Å²) < 4.78 is 14.3. The maximum absolute atomic E-state index is 13.8. The van der Waals surface area contributed by atoms with Gasteiger partial charge < -0.3 is 0 Å². The molecule has 0 aliphatic rings. The zero-order chi connectivity index (χ0) is 19.3. The van der Waals surface area contributed by atoms with Crippen LogP contribution < -0.4 is 0 Å². The van der Waals surface area contributed by atoms with E-state index in [1.165, 1.54) is 17.2 Å². The van der Waals surface area contributed by atoms with Gasteiger partial charge in [0.2, 0.25) is 0 Å². The van der Waals surface area contributed by atoms with E-state index < -0.39 is 0 Å². The standard InChI is InChI=1S/C22H26BrClFN/c1-14(9-10-18-7-5-6-8-19(18)12-16(3)24)17(4)26-22-13-21(25)20(23)11-15(22)2/h5-8,11,13-14,16H,9-10,12H2,1-4H3/b26-17+. The highest BCUT2D eigenvalue weighted by molar-refractivity contribution is 9.10. The van der Waals surface area contributed by atoms with Crippen molar-refractivity contribution in [2.24, 2.45) is 10.9 Å². The Morgan fingerprint density at radius 3 is 2.50 bits per heavy atom. The maximum Gasteiger partial charge on any atom is 0.139 e. The Labute approximate surface area is 169 Å². The smallest absolute Gasteiger partial charge is 0.139 e. The van der Waals surface area contributed by atoms with Crippen LogP contribution in [0.5, 0.6) is 0 Å². The first-order chi connectivity index (χ1) is 12.3. The van der Waals surface area contributed by atoms with Gasteiger partial charge >= 0.3 is 0 Å². The minimum Gasteiger partial charge on any atom is -0.257 e. The van der Waals surface area contributed by atoms with E-state index in [2.05, 4.69) is 52.1 Å². The molecule has 0 spiro atoms. The van der Waals surface area contributed by atoms with Gasteiger partial charge in [-0.3, -0.25) is 4.99 Å². The highest BCUT2D eigenvalue weighted by Gasteiger charge is 2.11.